The Balaban J connectivity index is 0.00000342. The molecule has 2 heterocycles. The smallest absolute Gasteiger partial charge is 0.0608 e. The first kappa shape index (κ1) is 28.6. The van der Waals surface area contributed by atoms with Crippen LogP contribution in [-0.4, -0.2) is 63.4 Å². The number of hydrogen-bond donors (Lipinski definition) is 0. The van der Waals surface area contributed by atoms with Gasteiger partial charge in [-0.3, -0.25) is 4.90 Å². The Labute approximate surface area is 222 Å². The van der Waals surface area contributed by atoms with Gasteiger partial charge in [-0.15, -0.1) is 12.4 Å². The molecule has 2 saturated heterocycles. The van der Waals surface area contributed by atoms with Gasteiger partial charge in [0.15, 0.2) is 0 Å². The molecule has 0 radical (unpaired) electrons. The number of hydrogen-bond acceptors (Lipinski definition) is 4. The van der Waals surface area contributed by atoms with E-state index < -0.39 is 0 Å². The third-order valence-electron chi connectivity index (χ3n) is 8.47. The summed E-state index contributed by atoms with van der Waals surface area (Å²) in [6.45, 7) is 23.4. The molecule has 0 bridgehead atoms. The Morgan fingerprint density at radius 1 is 0.857 bits per heavy atom. The van der Waals surface area contributed by atoms with Crippen LogP contribution < -0.4 is 9.80 Å². The van der Waals surface area contributed by atoms with Crippen LogP contribution in [0.2, 0.25) is 0 Å². The summed E-state index contributed by atoms with van der Waals surface area (Å²) in [7, 11) is 0. The van der Waals surface area contributed by atoms with E-state index in [0.717, 1.165) is 45.6 Å². The van der Waals surface area contributed by atoms with Gasteiger partial charge in [0.05, 0.1) is 6.10 Å². The third-order valence-corrected chi connectivity index (χ3v) is 8.47. The Morgan fingerprint density at radius 3 is 2.06 bits per heavy atom. The molecular weight excluding hydrogens is 454 g/mol. The molecule has 0 N–H and O–H groups in total. The molecule has 200 valence electrons. The van der Waals surface area contributed by atoms with Crippen molar-refractivity contribution in [1.82, 2.24) is 4.90 Å². The van der Waals surface area contributed by atoms with Crippen molar-refractivity contribution >= 4 is 23.8 Å². The van der Waals surface area contributed by atoms with Crippen LogP contribution in [0.5, 0.6) is 0 Å². The second kappa shape index (κ2) is 12.0. The molecule has 0 amide bonds. The SMILES string of the molecule is CCCN1CCN(c2ccc(N3CCC(OCC)CC3)cc2C2CC(C)(C)CC(C)(C)C2)CC1.Cl. The van der Waals surface area contributed by atoms with Crippen molar-refractivity contribution in [3.63, 3.8) is 0 Å². The van der Waals surface area contributed by atoms with Crippen molar-refractivity contribution in [2.45, 2.75) is 92.1 Å². The van der Waals surface area contributed by atoms with Crippen molar-refractivity contribution in [3.05, 3.63) is 23.8 Å². The molecule has 0 spiro atoms. The summed E-state index contributed by atoms with van der Waals surface area (Å²) in [6.07, 6.45) is 7.92. The number of benzene rings is 1. The lowest BCUT2D eigenvalue weighted by atomic mass is 9.60. The van der Waals surface area contributed by atoms with Gasteiger partial charge >= 0.3 is 0 Å². The fourth-order valence-electron chi connectivity index (χ4n) is 7.46. The molecule has 5 heteroatoms. The molecule has 35 heavy (non-hydrogen) atoms. The minimum absolute atomic E-state index is 0. The van der Waals surface area contributed by atoms with Gasteiger partial charge in [-0.05, 0) is 92.5 Å². The summed E-state index contributed by atoms with van der Waals surface area (Å²) < 4.78 is 5.92. The predicted octanol–water partition coefficient (Wildman–Crippen LogP) is 6.97. The average molecular weight is 506 g/mol. The Hall–Kier alpha value is -0.970. The number of piperazine rings is 1. The molecule has 3 aliphatic rings. The summed E-state index contributed by atoms with van der Waals surface area (Å²) in [4.78, 5) is 7.95. The normalized spacial score (nSPS) is 23.8. The Kier molecular flexibility index (Phi) is 9.85. The molecule has 1 aromatic rings. The highest BCUT2D eigenvalue weighted by molar-refractivity contribution is 5.85. The van der Waals surface area contributed by atoms with E-state index in [1.54, 1.807) is 5.56 Å². The first-order valence-electron chi connectivity index (χ1n) is 14.2. The van der Waals surface area contributed by atoms with E-state index in [0.29, 0.717) is 22.9 Å². The molecule has 0 unspecified atom stereocenters. The molecule has 1 aromatic carbocycles. The van der Waals surface area contributed by atoms with Crippen molar-refractivity contribution in [2.24, 2.45) is 10.8 Å². The fourth-order valence-corrected chi connectivity index (χ4v) is 7.46. The van der Waals surface area contributed by atoms with E-state index in [9.17, 15) is 0 Å². The molecule has 1 aliphatic carbocycles. The van der Waals surface area contributed by atoms with Gasteiger partial charge in [-0.25, -0.2) is 0 Å². The number of anilines is 2. The first-order chi connectivity index (χ1) is 16.2. The number of halogens is 1. The second-order valence-corrected chi connectivity index (χ2v) is 12.8. The lowest BCUT2D eigenvalue weighted by molar-refractivity contribution is 0.0459. The van der Waals surface area contributed by atoms with Gasteiger partial charge in [0, 0.05) is 57.3 Å². The maximum atomic E-state index is 5.92. The van der Waals surface area contributed by atoms with E-state index >= 15 is 0 Å². The maximum Gasteiger partial charge on any atom is 0.0608 e. The standard InChI is InChI=1S/C30H51N3O.ClH/c1-7-13-31-16-18-33(19-17-31)28-10-9-25(32-14-11-26(12-15-32)34-8-2)20-27(28)24-21-29(3,4)23-30(5,6)22-24;/h9-10,20,24,26H,7-8,11-19,21-23H2,1-6H3;1H. The highest BCUT2D eigenvalue weighted by atomic mass is 35.5. The van der Waals surface area contributed by atoms with E-state index in [1.165, 1.54) is 56.7 Å². The monoisotopic (exact) mass is 505 g/mol. The van der Waals surface area contributed by atoms with Crippen LogP contribution >= 0.6 is 12.4 Å². The highest BCUT2D eigenvalue weighted by Crippen LogP contribution is 2.53. The summed E-state index contributed by atoms with van der Waals surface area (Å²) in [5.41, 5.74) is 5.36. The Bertz CT molecular complexity index is 779. The van der Waals surface area contributed by atoms with Crippen molar-refractivity contribution in [3.8, 4) is 0 Å². The number of nitrogens with zero attached hydrogens (tertiary/aromatic N) is 3. The minimum Gasteiger partial charge on any atom is -0.378 e. The van der Waals surface area contributed by atoms with Gasteiger partial charge < -0.3 is 14.5 Å². The topological polar surface area (TPSA) is 19.0 Å². The quantitative estimate of drug-likeness (QED) is 0.398. The van der Waals surface area contributed by atoms with Crippen molar-refractivity contribution < 1.29 is 4.74 Å². The van der Waals surface area contributed by atoms with Gasteiger partial charge in [-0.2, -0.15) is 0 Å². The first-order valence-corrected chi connectivity index (χ1v) is 14.2. The van der Waals surface area contributed by atoms with Gasteiger partial charge in [0.25, 0.3) is 0 Å². The van der Waals surface area contributed by atoms with Crippen LogP contribution in [0.15, 0.2) is 18.2 Å². The van der Waals surface area contributed by atoms with Crippen molar-refractivity contribution in [2.75, 3.05) is 62.2 Å². The molecule has 4 nitrogen and oxygen atoms in total. The van der Waals surface area contributed by atoms with Crippen LogP contribution in [0.25, 0.3) is 0 Å². The van der Waals surface area contributed by atoms with E-state index in [4.69, 9.17) is 4.74 Å². The summed E-state index contributed by atoms with van der Waals surface area (Å²) in [6, 6.07) is 7.48. The summed E-state index contributed by atoms with van der Waals surface area (Å²) in [5, 5.41) is 0. The zero-order valence-corrected chi connectivity index (χ0v) is 24.3. The Morgan fingerprint density at radius 2 is 1.49 bits per heavy atom. The molecule has 0 atom stereocenters. The molecule has 2 aliphatic heterocycles. The van der Waals surface area contributed by atoms with Crippen LogP contribution in [0.3, 0.4) is 0 Å². The molecule has 4 rings (SSSR count). The third kappa shape index (κ3) is 7.29. The molecule has 0 aromatic heterocycles. The van der Waals surface area contributed by atoms with E-state index in [2.05, 4.69) is 74.4 Å². The number of ether oxygens (including phenoxy) is 1. The minimum atomic E-state index is 0. The zero-order chi connectivity index (χ0) is 24.3. The van der Waals surface area contributed by atoms with Crippen LogP contribution in [0.1, 0.15) is 91.5 Å². The zero-order valence-electron chi connectivity index (χ0n) is 23.4. The van der Waals surface area contributed by atoms with Crippen LogP contribution in [-0.2, 0) is 4.74 Å². The van der Waals surface area contributed by atoms with E-state index in [1.807, 2.05) is 0 Å². The molecule has 3 fully saturated rings. The maximum absolute atomic E-state index is 5.92. The lowest BCUT2D eigenvalue weighted by Gasteiger charge is -2.46. The van der Waals surface area contributed by atoms with Crippen molar-refractivity contribution in [1.29, 1.82) is 0 Å². The molecule has 1 saturated carbocycles. The number of rotatable bonds is 7. The lowest BCUT2D eigenvalue weighted by Crippen LogP contribution is -2.47. The van der Waals surface area contributed by atoms with Crippen LogP contribution in [0.4, 0.5) is 11.4 Å². The highest BCUT2D eigenvalue weighted by Gasteiger charge is 2.40. The number of piperidine rings is 1. The largest absolute Gasteiger partial charge is 0.378 e. The summed E-state index contributed by atoms with van der Waals surface area (Å²) in [5.74, 6) is 0.642. The fraction of sp³-hybridized carbons (Fsp3) is 0.800. The van der Waals surface area contributed by atoms with Gasteiger partial charge in [-0.1, -0.05) is 34.6 Å². The van der Waals surface area contributed by atoms with Gasteiger partial charge in [0.2, 0.25) is 0 Å². The van der Waals surface area contributed by atoms with Crippen LogP contribution in [0, 0.1) is 10.8 Å². The molecular formula is C30H52ClN3O. The predicted molar refractivity (Wildman–Crippen MR) is 154 cm³/mol. The summed E-state index contributed by atoms with van der Waals surface area (Å²) >= 11 is 0. The second-order valence-electron chi connectivity index (χ2n) is 12.8. The van der Waals surface area contributed by atoms with Gasteiger partial charge in [0.1, 0.15) is 0 Å². The average Bonchev–Trinajstić information content (AvgIpc) is 2.78. The van der Waals surface area contributed by atoms with E-state index in [-0.39, 0.29) is 12.4 Å².